The number of phenols is 2. The molecule has 0 atom stereocenters. The third kappa shape index (κ3) is 5.06. The summed E-state index contributed by atoms with van der Waals surface area (Å²) in [5.74, 6) is -0.628. The Balaban J connectivity index is 0.000000351. The Morgan fingerprint density at radius 1 is 1.04 bits per heavy atom. The molecular formula is C18H23NO5. The van der Waals surface area contributed by atoms with Gasteiger partial charge in [0.05, 0.1) is 18.8 Å². The second-order valence-electron chi connectivity index (χ2n) is 5.77. The summed E-state index contributed by atoms with van der Waals surface area (Å²) in [5, 5.41) is 35.5. The summed E-state index contributed by atoms with van der Waals surface area (Å²) in [6.45, 7) is 2.82. The van der Waals surface area contributed by atoms with Gasteiger partial charge in [0.25, 0.3) is 0 Å². The minimum absolute atomic E-state index is 0.168. The van der Waals surface area contributed by atoms with Crippen LogP contribution < -0.4 is 5.73 Å². The summed E-state index contributed by atoms with van der Waals surface area (Å²) in [5.41, 5.74) is 5.75. The summed E-state index contributed by atoms with van der Waals surface area (Å²) >= 11 is 0. The maximum absolute atomic E-state index is 12.1. The van der Waals surface area contributed by atoms with E-state index >= 15 is 0 Å². The first kappa shape index (κ1) is 19.6. The molecule has 0 saturated carbocycles. The van der Waals surface area contributed by atoms with Crippen LogP contribution >= 0.6 is 0 Å². The van der Waals surface area contributed by atoms with Crippen LogP contribution in [0.4, 0.5) is 0 Å². The van der Waals surface area contributed by atoms with E-state index in [0.717, 1.165) is 0 Å². The van der Waals surface area contributed by atoms with E-state index in [2.05, 4.69) is 0 Å². The van der Waals surface area contributed by atoms with Gasteiger partial charge in [0, 0.05) is 16.7 Å². The van der Waals surface area contributed by atoms with E-state index in [9.17, 15) is 15.0 Å². The highest BCUT2D eigenvalue weighted by molar-refractivity contribution is 6.10. The molecule has 0 unspecified atom stereocenters. The maximum Gasteiger partial charge on any atom is 0.193 e. The molecule has 2 aromatic carbocycles. The van der Waals surface area contributed by atoms with E-state index < -0.39 is 5.54 Å². The molecule has 0 aromatic heterocycles. The number of carbonyl (C=O) groups excluding carboxylic acids is 1. The van der Waals surface area contributed by atoms with Gasteiger partial charge in [-0.05, 0) is 26.0 Å². The molecule has 6 N–H and O–H groups in total. The Kier molecular flexibility index (Phi) is 6.91. The van der Waals surface area contributed by atoms with Gasteiger partial charge >= 0.3 is 0 Å². The molecule has 6 heteroatoms. The van der Waals surface area contributed by atoms with Crippen LogP contribution in [0, 0.1) is 6.92 Å². The Hall–Kier alpha value is -2.41. The largest absolute Gasteiger partial charge is 0.504 e. The number of aromatic hydroxyl groups is 2. The Bertz CT molecular complexity index is 677. The third-order valence-corrected chi connectivity index (χ3v) is 3.41. The van der Waals surface area contributed by atoms with E-state index in [1.165, 1.54) is 12.1 Å². The minimum atomic E-state index is -0.806. The van der Waals surface area contributed by atoms with Gasteiger partial charge in [-0.15, -0.1) is 0 Å². The maximum atomic E-state index is 12.1. The predicted molar refractivity (Wildman–Crippen MR) is 91.1 cm³/mol. The van der Waals surface area contributed by atoms with Crippen molar-refractivity contribution < 1.29 is 25.2 Å². The van der Waals surface area contributed by atoms with Gasteiger partial charge in [-0.25, -0.2) is 0 Å². The molecule has 0 aliphatic carbocycles. The quantitative estimate of drug-likeness (QED) is 0.425. The summed E-state index contributed by atoms with van der Waals surface area (Å²) in [7, 11) is 0. The minimum Gasteiger partial charge on any atom is -0.504 e. The normalized spacial score (nSPS) is 10.7. The van der Waals surface area contributed by atoms with Crippen molar-refractivity contribution in [1.82, 2.24) is 0 Å². The molecule has 0 aliphatic heterocycles. The zero-order valence-electron chi connectivity index (χ0n) is 13.7. The highest BCUT2D eigenvalue weighted by Gasteiger charge is 2.15. The van der Waals surface area contributed by atoms with Crippen LogP contribution in [-0.2, 0) is 0 Å². The van der Waals surface area contributed by atoms with Gasteiger partial charge in [0.15, 0.2) is 17.3 Å². The second-order valence-corrected chi connectivity index (χ2v) is 5.77. The van der Waals surface area contributed by atoms with E-state index in [1.807, 2.05) is 6.07 Å². The van der Waals surface area contributed by atoms with Gasteiger partial charge < -0.3 is 26.2 Å². The molecule has 0 fully saturated rings. The molecule has 0 radical (unpaired) electrons. The first-order valence-electron chi connectivity index (χ1n) is 7.35. The van der Waals surface area contributed by atoms with Crippen LogP contribution in [0.5, 0.6) is 11.5 Å². The average Bonchev–Trinajstić information content (AvgIpc) is 2.60. The van der Waals surface area contributed by atoms with Crippen LogP contribution in [0.25, 0.3) is 0 Å². The molecule has 0 heterocycles. The standard InChI is InChI=1S/C14H12O3.C4H11NO2/c1-9-11(7-8-12(15)13(9)16)14(17)10-5-3-2-4-6-10;1-4(5,2-6)3-7/h2-8,15-16H,1H3;6-7H,2-3,5H2,1H3. The van der Waals surface area contributed by atoms with Crippen molar-refractivity contribution in [3.63, 3.8) is 0 Å². The van der Waals surface area contributed by atoms with Crippen LogP contribution in [-0.4, -0.2) is 45.0 Å². The fourth-order valence-corrected chi connectivity index (χ4v) is 1.73. The number of hydrogen-bond acceptors (Lipinski definition) is 6. The van der Waals surface area contributed by atoms with Crippen LogP contribution in [0.1, 0.15) is 28.4 Å². The molecule has 6 nitrogen and oxygen atoms in total. The monoisotopic (exact) mass is 333 g/mol. The van der Waals surface area contributed by atoms with Crippen molar-refractivity contribution in [2.75, 3.05) is 13.2 Å². The summed E-state index contributed by atoms with van der Waals surface area (Å²) < 4.78 is 0. The zero-order valence-corrected chi connectivity index (χ0v) is 13.7. The van der Waals surface area contributed by atoms with Crippen molar-refractivity contribution in [2.24, 2.45) is 5.73 Å². The first-order chi connectivity index (χ1) is 11.2. The zero-order chi connectivity index (χ0) is 18.3. The lowest BCUT2D eigenvalue weighted by Crippen LogP contribution is -2.43. The van der Waals surface area contributed by atoms with Crippen LogP contribution in [0.2, 0.25) is 0 Å². The van der Waals surface area contributed by atoms with Crippen molar-refractivity contribution in [2.45, 2.75) is 19.4 Å². The fraction of sp³-hybridized carbons (Fsp3) is 0.278. The molecule has 0 aliphatic rings. The number of aliphatic hydroxyl groups excluding tert-OH is 2. The van der Waals surface area contributed by atoms with Gasteiger partial charge in [0.1, 0.15) is 0 Å². The number of nitrogens with two attached hydrogens (primary N) is 1. The highest BCUT2D eigenvalue weighted by Crippen LogP contribution is 2.31. The molecule has 0 saturated heterocycles. The summed E-state index contributed by atoms with van der Waals surface area (Å²) in [4.78, 5) is 12.1. The highest BCUT2D eigenvalue weighted by atomic mass is 16.3. The number of benzene rings is 2. The lowest BCUT2D eigenvalue weighted by molar-refractivity contribution is 0.103. The topological polar surface area (TPSA) is 124 Å². The Morgan fingerprint density at radius 3 is 2.04 bits per heavy atom. The number of ketones is 1. The van der Waals surface area contributed by atoms with E-state index in [0.29, 0.717) is 16.7 Å². The molecule has 0 amide bonds. The van der Waals surface area contributed by atoms with Crippen LogP contribution in [0.15, 0.2) is 42.5 Å². The van der Waals surface area contributed by atoms with Gasteiger partial charge in [-0.3, -0.25) is 4.79 Å². The molecule has 130 valence electrons. The van der Waals surface area contributed by atoms with Gasteiger partial charge in [0.2, 0.25) is 0 Å². The van der Waals surface area contributed by atoms with E-state index in [-0.39, 0.29) is 30.5 Å². The number of rotatable bonds is 4. The predicted octanol–water partition coefficient (Wildman–Crippen LogP) is 1.33. The first-order valence-corrected chi connectivity index (χ1v) is 7.35. The Morgan fingerprint density at radius 2 is 1.58 bits per heavy atom. The van der Waals surface area contributed by atoms with Crippen molar-refractivity contribution >= 4 is 5.78 Å². The van der Waals surface area contributed by atoms with Crippen molar-refractivity contribution in [1.29, 1.82) is 0 Å². The second kappa shape index (κ2) is 8.44. The molecule has 0 spiro atoms. The number of aliphatic hydroxyl groups is 2. The van der Waals surface area contributed by atoms with Crippen LogP contribution in [0.3, 0.4) is 0 Å². The Labute approximate surface area is 140 Å². The van der Waals surface area contributed by atoms with Gasteiger partial charge in [-0.2, -0.15) is 0 Å². The lowest BCUT2D eigenvalue weighted by atomic mass is 9.98. The smallest absolute Gasteiger partial charge is 0.193 e. The van der Waals surface area contributed by atoms with E-state index in [1.54, 1.807) is 38.1 Å². The lowest BCUT2D eigenvalue weighted by Gasteiger charge is -2.16. The summed E-state index contributed by atoms with van der Waals surface area (Å²) in [6.07, 6.45) is 0. The summed E-state index contributed by atoms with van der Waals surface area (Å²) in [6, 6.07) is 11.7. The SMILES string of the molecule is CC(N)(CO)CO.Cc1c(C(=O)c2ccccc2)ccc(O)c1O. The molecule has 2 aromatic rings. The molecule has 2 rings (SSSR count). The number of hydrogen-bond donors (Lipinski definition) is 5. The van der Waals surface area contributed by atoms with Crippen molar-refractivity contribution in [3.8, 4) is 11.5 Å². The van der Waals surface area contributed by atoms with E-state index in [4.69, 9.17) is 15.9 Å². The molecular weight excluding hydrogens is 310 g/mol. The average molecular weight is 333 g/mol. The number of phenolic OH excluding ortho intramolecular Hbond substituents is 2. The molecule has 0 bridgehead atoms. The van der Waals surface area contributed by atoms with Crippen molar-refractivity contribution in [3.05, 3.63) is 59.2 Å². The molecule has 24 heavy (non-hydrogen) atoms. The third-order valence-electron chi connectivity index (χ3n) is 3.41. The number of carbonyl (C=O) groups is 1. The van der Waals surface area contributed by atoms with Gasteiger partial charge in [-0.1, -0.05) is 30.3 Å². The fourth-order valence-electron chi connectivity index (χ4n) is 1.73.